The molecule has 0 fully saturated rings. The molecular formula is C23H13NO. The summed E-state index contributed by atoms with van der Waals surface area (Å²) in [7, 11) is 0. The smallest absolute Gasteiger partial charge is 0.144 e. The quantitative estimate of drug-likeness (QED) is 0.356. The van der Waals surface area contributed by atoms with Crippen LogP contribution < -0.4 is 0 Å². The summed E-state index contributed by atoms with van der Waals surface area (Å²) in [6.07, 6.45) is 4.33. The van der Waals surface area contributed by atoms with E-state index >= 15 is 0 Å². The first-order chi connectivity index (χ1) is 12.4. The van der Waals surface area contributed by atoms with E-state index in [1.165, 1.54) is 16.5 Å². The summed E-state index contributed by atoms with van der Waals surface area (Å²) in [6, 6.07) is 22.9. The fraction of sp³-hybridized carbons (Fsp3) is 0. The molecule has 2 nitrogen and oxygen atoms in total. The molecule has 0 saturated heterocycles. The molecule has 3 aromatic carbocycles. The van der Waals surface area contributed by atoms with E-state index in [2.05, 4.69) is 60.7 Å². The second kappa shape index (κ2) is 4.58. The molecule has 0 N–H and O–H groups in total. The van der Waals surface area contributed by atoms with Crippen LogP contribution in [0.5, 0.6) is 0 Å². The van der Waals surface area contributed by atoms with Crippen LogP contribution in [0.3, 0.4) is 0 Å². The lowest BCUT2D eigenvalue weighted by Crippen LogP contribution is -1.89. The summed E-state index contributed by atoms with van der Waals surface area (Å²) in [5.41, 5.74) is 7.31. The lowest BCUT2D eigenvalue weighted by atomic mass is 10.0. The van der Waals surface area contributed by atoms with Gasteiger partial charge in [-0.2, -0.15) is 0 Å². The zero-order valence-electron chi connectivity index (χ0n) is 13.4. The zero-order chi connectivity index (χ0) is 16.4. The predicted molar refractivity (Wildman–Crippen MR) is 103 cm³/mol. The lowest BCUT2D eigenvalue weighted by molar-refractivity contribution is 0.670. The first kappa shape index (κ1) is 13.0. The summed E-state index contributed by atoms with van der Waals surface area (Å²) in [4.78, 5) is 4.93. The van der Waals surface area contributed by atoms with Gasteiger partial charge in [-0.15, -0.1) is 0 Å². The minimum Gasteiger partial charge on any atom is -0.455 e. The molecule has 0 spiro atoms. The predicted octanol–water partition coefficient (Wildman–Crippen LogP) is 6.29. The molecule has 116 valence electrons. The molecule has 0 bridgehead atoms. The van der Waals surface area contributed by atoms with E-state index in [9.17, 15) is 0 Å². The minimum absolute atomic E-state index is 0.904. The standard InChI is InChI=1S/C23H13NO/c1-2-10-21-16(6-1)17-7-4-8-18(23(17)25-21)20-13-15-12-11-14-5-3-9-19(24-20)22(14)15/h1-13H. The third-order valence-corrected chi connectivity index (χ3v) is 5.02. The molecule has 2 aromatic heterocycles. The van der Waals surface area contributed by atoms with E-state index in [4.69, 9.17) is 9.40 Å². The van der Waals surface area contributed by atoms with Gasteiger partial charge in [-0.05, 0) is 35.4 Å². The molecule has 5 aromatic rings. The molecule has 0 aliphatic heterocycles. The molecular weight excluding hydrogens is 306 g/mol. The number of nitrogens with zero attached hydrogens (tertiary/aromatic N) is 1. The second-order valence-corrected chi connectivity index (χ2v) is 6.45. The van der Waals surface area contributed by atoms with Crippen molar-refractivity contribution in [2.24, 2.45) is 0 Å². The monoisotopic (exact) mass is 319 g/mol. The van der Waals surface area contributed by atoms with Crippen molar-refractivity contribution >= 4 is 45.0 Å². The summed E-state index contributed by atoms with van der Waals surface area (Å²) >= 11 is 0. The first-order valence-corrected chi connectivity index (χ1v) is 8.41. The summed E-state index contributed by atoms with van der Waals surface area (Å²) in [5.74, 6) is 0. The number of rotatable bonds is 1. The SMILES string of the molecule is C1=Cc2cc(-c3cccc4c3oc3ccccc34)nc3cccc1c23. The molecule has 1 aliphatic rings. The topological polar surface area (TPSA) is 26.0 Å². The van der Waals surface area contributed by atoms with Gasteiger partial charge in [-0.25, -0.2) is 4.98 Å². The van der Waals surface area contributed by atoms with Gasteiger partial charge in [0.15, 0.2) is 0 Å². The van der Waals surface area contributed by atoms with Crippen molar-refractivity contribution in [3.05, 3.63) is 77.9 Å². The Labute approximate surface area is 144 Å². The molecule has 0 unspecified atom stereocenters. The molecule has 1 aliphatic carbocycles. The van der Waals surface area contributed by atoms with Crippen molar-refractivity contribution in [1.82, 2.24) is 4.98 Å². The number of pyridine rings is 1. The van der Waals surface area contributed by atoms with Crippen LogP contribution in [0, 0.1) is 0 Å². The Morgan fingerprint density at radius 3 is 2.56 bits per heavy atom. The summed E-state index contributed by atoms with van der Waals surface area (Å²) in [5, 5.41) is 3.52. The van der Waals surface area contributed by atoms with Crippen LogP contribution in [0.2, 0.25) is 0 Å². The minimum atomic E-state index is 0.904. The fourth-order valence-electron chi connectivity index (χ4n) is 3.88. The molecule has 6 rings (SSSR count). The van der Waals surface area contributed by atoms with Crippen LogP contribution in [-0.2, 0) is 0 Å². The van der Waals surface area contributed by atoms with Crippen LogP contribution in [0.1, 0.15) is 11.1 Å². The van der Waals surface area contributed by atoms with Crippen molar-refractivity contribution in [3.63, 3.8) is 0 Å². The Hall–Kier alpha value is -3.39. The highest BCUT2D eigenvalue weighted by atomic mass is 16.3. The molecule has 0 amide bonds. The Bertz CT molecular complexity index is 1340. The molecule has 0 radical (unpaired) electrons. The van der Waals surface area contributed by atoms with Crippen molar-refractivity contribution in [3.8, 4) is 11.3 Å². The van der Waals surface area contributed by atoms with E-state index in [1.807, 2.05) is 18.2 Å². The maximum Gasteiger partial charge on any atom is 0.144 e. The third kappa shape index (κ3) is 1.71. The van der Waals surface area contributed by atoms with Crippen LogP contribution in [0.25, 0.3) is 56.3 Å². The number of benzene rings is 3. The highest BCUT2D eigenvalue weighted by Crippen LogP contribution is 2.38. The highest BCUT2D eigenvalue weighted by molar-refractivity contribution is 6.10. The van der Waals surface area contributed by atoms with E-state index in [-0.39, 0.29) is 0 Å². The molecule has 2 heteroatoms. The van der Waals surface area contributed by atoms with Crippen molar-refractivity contribution in [2.45, 2.75) is 0 Å². The van der Waals surface area contributed by atoms with Crippen LogP contribution in [-0.4, -0.2) is 4.98 Å². The third-order valence-electron chi connectivity index (χ3n) is 5.02. The Morgan fingerprint density at radius 2 is 1.56 bits per heavy atom. The van der Waals surface area contributed by atoms with Gasteiger partial charge in [0, 0.05) is 21.7 Å². The largest absolute Gasteiger partial charge is 0.455 e. The lowest BCUT2D eigenvalue weighted by Gasteiger charge is -2.07. The van der Waals surface area contributed by atoms with Gasteiger partial charge in [0.1, 0.15) is 11.2 Å². The van der Waals surface area contributed by atoms with Crippen molar-refractivity contribution < 1.29 is 4.42 Å². The van der Waals surface area contributed by atoms with Gasteiger partial charge in [0.2, 0.25) is 0 Å². The fourth-order valence-corrected chi connectivity index (χ4v) is 3.88. The van der Waals surface area contributed by atoms with E-state index in [0.29, 0.717) is 0 Å². The average Bonchev–Trinajstić information content (AvgIpc) is 3.24. The Balaban J connectivity index is 1.71. The number of aromatic nitrogens is 1. The number of para-hydroxylation sites is 2. The molecule has 2 heterocycles. The van der Waals surface area contributed by atoms with E-state index in [0.717, 1.165) is 38.7 Å². The zero-order valence-corrected chi connectivity index (χ0v) is 13.4. The maximum absolute atomic E-state index is 6.18. The first-order valence-electron chi connectivity index (χ1n) is 8.41. The van der Waals surface area contributed by atoms with E-state index < -0.39 is 0 Å². The summed E-state index contributed by atoms with van der Waals surface area (Å²) in [6.45, 7) is 0. The van der Waals surface area contributed by atoms with Gasteiger partial charge >= 0.3 is 0 Å². The summed E-state index contributed by atoms with van der Waals surface area (Å²) < 4.78 is 6.18. The van der Waals surface area contributed by atoms with Gasteiger partial charge in [-0.3, -0.25) is 0 Å². The normalized spacial score (nSPS) is 12.6. The average molecular weight is 319 g/mol. The Kier molecular flexibility index (Phi) is 2.37. The molecule has 0 saturated carbocycles. The Morgan fingerprint density at radius 1 is 0.720 bits per heavy atom. The second-order valence-electron chi connectivity index (χ2n) is 6.45. The van der Waals surface area contributed by atoms with E-state index in [1.54, 1.807) is 0 Å². The number of hydrogen-bond acceptors (Lipinski definition) is 2. The van der Waals surface area contributed by atoms with Gasteiger partial charge in [-0.1, -0.05) is 54.6 Å². The molecule has 0 atom stereocenters. The van der Waals surface area contributed by atoms with Gasteiger partial charge in [0.05, 0.1) is 11.2 Å². The highest BCUT2D eigenvalue weighted by Gasteiger charge is 2.16. The number of hydrogen-bond donors (Lipinski definition) is 0. The van der Waals surface area contributed by atoms with Gasteiger partial charge in [0.25, 0.3) is 0 Å². The molecule has 25 heavy (non-hydrogen) atoms. The maximum atomic E-state index is 6.18. The number of furan rings is 1. The van der Waals surface area contributed by atoms with Crippen LogP contribution in [0.4, 0.5) is 0 Å². The van der Waals surface area contributed by atoms with Crippen LogP contribution >= 0.6 is 0 Å². The van der Waals surface area contributed by atoms with Crippen molar-refractivity contribution in [1.29, 1.82) is 0 Å². The van der Waals surface area contributed by atoms with Crippen molar-refractivity contribution in [2.75, 3.05) is 0 Å². The number of fused-ring (bicyclic) bond motifs is 3. The van der Waals surface area contributed by atoms with Crippen LogP contribution in [0.15, 0.2) is 71.1 Å². The van der Waals surface area contributed by atoms with Gasteiger partial charge < -0.3 is 4.42 Å².